The highest BCUT2D eigenvalue weighted by atomic mass is 35.5. The molecule has 3 nitrogen and oxygen atoms in total. The summed E-state index contributed by atoms with van der Waals surface area (Å²) in [5.74, 6) is -1.06. The molecule has 1 fully saturated rings. The molecule has 0 aromatic heterocycles. The molecule has 0 bridgehead atoms. The zero-order valence-corrected chi connectivity index (χ0v) is 15.0. The molecule has 0 unspecified atom stereocenters. The van der Waals surface area contributed by atoms with Crippen molar-refractivity contribution >= 4 is 17.5 Å². The first-order valence-corrected chi connectivity index (χ1v) is 8.86. The number of carbonyl (C=O) groups excluding carboxylic acids is 1. The summed E-state index contributed by atoms with van der Waals surface area (Å²) >= 11 is 6.01. The van der Waals surface area contributed by atoms with Gasteiger partial charge in [-0.3, -0.25) is 4.79 Å². The van der Waals surface area contributed by atoms with E-state index in [1.54, 1.807) is 0 Å². The van der Waals surface area contributed by atoms with Crippen molar-refractivity contribution in [3.05, 3.63) is 70.5 Å². The van der Waals surface area contributed by atoms with Crippen LogP contribution in [0.15, 0.2) is 48.5 Å². The van der Waals surface area contributed by atoms with Crippen LogP contribution < -0.4 is 5.32 Å². The number of piperidine rings is 1. The fraction of sp³-hybridized carbons (Fsp3) is 0.350. The summed E-state index contributed by atoms with van der Waals surface area (Å²) in [7, 11) is 2.10. The van der Waals surface area contributed by atoms with E-state index < -0.39 is 11.7 Å². The van der Waals surface area contributed by atoms with Crippen LogP contribution in [0.5, 0.6) is 0 Å². The van der Waals surface area contributed by atoms with Gasteiger partial charge in [-0.15, -0.1) is 0 Å². The average Bonchev–Trinajstić information content (AvgIpc) is 2.62. The average molecular weight is 361 g/mol. The van der Waals surface area contributed by atoms with Gasteiger partial charge in [-0.25, -0.2) is 4.39 Å². The van der Waals surface area contributed by atoms with Crippen LogP contribution in [0, 0.1) is 5.82 Å². The number of likely N-dealkylation sites (tertiary alicyclic amines) is 1. The summed E-state index contributed by atoms with van der Waals surface area (Å²) < 4.78 is 14.0. The third kappa shape index (κ3) is 3.86. The number of nitrogens with one attached hydrogen (secondary N) is 1. The molecule has 1 aliphatic heterocycles. The van der Waals surface area contributed by atoms with E-state index in [0.717, 1.165) is 25.9 Å². The minimum Gasteiger partial charge on any atom is -0.351 e. The third-order valence-electron chi connectivity index (χ3n) is 5.11. The van der Waals surface area contributed by atoms with E-state index in [2.05, 4.69) is 29.4 Å². The molecule has 0 aliphatic carbocycles. The van der Waals surface area contributed by atoms with Gasteiger partial charge in [0.25, 0.3) is 5.91 Å². The maximum atomic E-state index is 14.0. The second-order valence-corrected chi connectivity index (χ2v) is 7.14. The fourth-order valence-corrected chi connectivity index (χ4v) is 3.71. The lowest BCUT2D eigenvalue weighted by Crippen LogP contribution is -2.48. The number of hydrogen-bond acceptors (Lipinski definition) is 2. The van der Waals surface area contributed by atoms with Crippen LogP contribution in [0.2, 0.25) is 5.02 Å². The van der Waals surface area contributed by atoms with Gasteiger partial charge in [-0.05, 0) is 50.7 Å². The Bertz CT molecular complexity index is 722. The van der Waals surface area contributed by atoms with E-state index in [9.17, 15) is 9.18 Å². The zero-order valence-electron chi connectivity index (χ0n) is 14.3. The molecule has 5 heteroatoms. The second kappa shape index (κ2) is 7.54. The summed E-state index contributed by atoms with van der Waals surface area (Å²) in [6, 6.07) is 14.5. The van der Waals surface area contributed by atoms with Crippen molar-refractivity contribution in [2.75, 3.05) is 26.7 Å². The van der Waals surface area contributed by atoms with Crippen molar-refractivity contribution in [2.24, 2.45) is 0 Å². The van der Waals surface area contributed by atoms with Gasteiger partial charge in [-0.2, -0.15) is 0 Å². The van der Waals surface area contributed by atoms with Gasteiger partial charge >= 0.3 is 0 Å². The largest absolute Gasteiger partial charge is 0.351 e. The lowest BCUT2D eigenvalue weighted by molar-refractivity contribution is 0.0924. The van der Waals surface area contributed by atoms with Gasteiger partial charge in [0.15, 0.2) is 0 Å². The lowest BCUT2D eigenvalue weighted by Gasteiger charge is -2.41. The molecule has 1 amide bonds. The van der Waals surface area contributed by atoms with Crippen LogP contribution in [0.25, 0.3) is 0 Å². The highest BCUT2D eigenvalue weighted by Gasteiger charge is 2.36. The number of carbonyl (C=O) groups is 1. The van der Waals surface area contributed by atoms with Gasteiger partial charge in [0.05, 0.1) is 10.6 Å². The predicted molar refractivity (Wildman–Crippen MR) is 98.6 cm³/mol. The van der Waals surface area contributed by atoms with Gasteiger partial charge in [0.2, 0.25) is 0 Å². The summed E-state index contributed by atoms with van der Waals surface area (Å²) in [5, 5.41) is 3.06. The molecular formula is C20H22ClFN2O. The summed E-state index contributed by atoms with van der Waals surface area (Å²) in [4.78, 5) is 14.8. The smallest absolute Gasteiger partial charge is 0.255 e. The van der Waals surface area contributed by atoms with Gasteiger partial charge in [0, 0.05) is 12.0 Å². The number of nitrogens with zero attached hydrogens (tertiary/aromatic N) is 1. The highest BCUT2D eigenvalue weighted by molar-refractivity contribution is 6.33. The van der Waals surface area contributed by atoms with Crippen LogP contribution in [-0.4, -0.2) is 37.5 Å². The quantitative estimate of drug-likeness (QED) is 0.897. The van der Waals surface area contributed by atoms with E-state index in [1.807, 2.05) is 18.2 Å². The molecule has 3 rings (SSSR count). The minimum absolute atomic E-state index is 0.0831. The molecule has 2 aromatic carbocycles. The van der Waals surface area contributed by atoms with Crippen LogP contribution in [0.4, 0.5) is 4.39 Å². The number of hydrogen-bond donors (Lipinski definition) is 1. The molecule has 132 valence electrons. The Morgan fingerprint density at radius 3 is 2.48 bits per heavy atom. The molecule has 1 heterocycles. The first kappa shape index (κ1) is 17.9. The van der Waals surface area contributed by atoms with Crippen molar-refractivity contribution in [1.29, 1.82) is 0 Å². The van der Waals surface area contributed by atoms with Crippen molar-refractivity contribution in [3.63, 3.8) is 0 Å². The fourth-order valence-electron chi connectivity index (χ4n) is 3.46. The summed E-state index contributed by atoms with van der Waals surface area (Å²) in [6.07, 6.45) is 1.89. The standard InChI is InChI=1S/C20H22ClFN2O/c1-24-12-10-20(11-13-24,15-6-3-2-4-7-15)14-23-19(25)18-16(21)8-5-9-17(18)22/h2-9H,10-14H2,1H3,(H,23,25). The van der Waals surface area contributed by atoms with E-state index >= 15 is 0 Å². The van der Waals surface area contributed by atoms with Crippen LogP contribution >= 0.6 is 11.6 Å². The topological polar surface area (TPSA) is 32.3 Å². The Balaban J connectivity index is 1.81. The molecule has 1 aliphatic rings. The van der Waals surface area contributed by atoms with Crippen molar-refractivity contribution in [2.45, 2.75) is 18.3 Å². The first-order valence-electron chi connectivity index (χ1n) is 8.48. The zero-order chi connectivity index (χ0) is 17.9. The lowest BCUT2D eigenvalue weighted by atomic mass is 9.72. The number of halogens is 2. The molecule has 0 spiro atoms. The van der Waals surface area contributed by atoms with Crippen LogP contribution in [0.1, 0.15) is 28.8 Å². The normalized spacial score (nSPS) is 17.2. The van der Waals surface area contributed by atoms with Crippen LogP contribution in [0.3, 0.4) is 0 Å². The number of rotatable bonds is 4. The maximum absolute atomic E-state index is 14.0. The van der Waals surface area contributed by atoms with E-state index in [-0.39, 0.29) is 16.0 Å². The molecule has 1 N–H and O–H groups in total. The summed E-state index contributed by atoms with van der Waals surface area (Å²) in [5.41, 5.74) is 0.990. The second-order valence-electron chi connectivity index (χ2n) is 6.73. The minimum atomic E-state index is -0.595. The first-order chi connectivity index (χ1) is 12.0. The Morgan fingerprint density at radius 1 is 1.16 bits per heavy atom. The monoisotopic (exact) mass is 360 g/mol. The molecule has 0 radical (unpaired) electrons. The van der Waals surface area contributed by atoms with E-state index in [0.29, 0.717) is 6.54 Å². The molecule has 0 atom stereocenters. The molecule has 25 heavy (non-hydrogen) atoms. The predicted octanol–water partition coefficient (Wildman–Crippen LogP) is 3.87. The van der Waals surface area contributed by atoms with Gasteiger partial charge < -0.3 is 10.2 Å². The van der Waals surface area contributed by atoms with E-state index in [1.165, 1.54) is 23.8 Å². The van der Waals surface area contributed by atoms with Crippen molar-refractivity contribution in [3.8, 4) is 0 Å². The van der Waals surface area contributed by atoms with Crippen LogP contribution in [-0.2, 0) is 5.41 Å². The number of amides is 1. The Hall–Kier alpha value is -1.91. The highest BCUT2D eigenvalue weighted by Crippen LogP contribution is 2.34. The van der Waals surface area contributed by atoms with Gasteiger partial charge in [-0.1, -0.05) is 48.0 Å². The Labute approximate surface area is 152 Å². The molecule has 0 saturated carbocycles. The maximum Gasteiger partial charge on any atom is 0.255 e. The Morgan fingerprint density at radius 2 is 1.84 bits per heavy atom. The Kier molecular flexibility index (Phi) is 5.40. The molecular weight excluding hydrogens is 339 g/mol. The number of benzene rings is 2. The van der Waals surface area contributed by atoms with Crippen molar-refractivity contribution < 1.29 is 9.18 Å². The van der Waals surface area contributed by atoms with Gasteiger partial charge in [0.1, 0.15) is 5.82 Å². The molecule has 2 aromatic rings. The molecule has 1 saturated heterocycles. The SMILES string of the molecule is CN1CCC(CNC(=O)c2c(F)cccc2Cl)(c2ccccc2)CC1. The van der Waals surface area contributed by atoms with Crippen molar-refractivity contribution in [1.82, 2.24) is 10.2 Å². The van der Waals surface area contributed by atoms with E-state index in [4.69, 9.17) is 11.6 Å². The third-order valence-corrected chi connectivity index (χ3v) is 5.42. The summed E-state index contributed by atoms with van der Waals surface area (Å²) in [6.45, 7) is 2.39.